The minimum atomic E-state index is 0.905. The van der Waals surface area contributed by atoms with Crippen molar-refractivity contribution in [2.24, 2.45) is 0 Å². The lowest BCUT2D eigenvalue weighted by Gasteiger charge is -2.21. The van der Waals surface area contributed by atoms with Crippen LogP contribution in [0.1, 0.15) is 34.6 Å². The first-order valence-corrected chi connectivity index (χ1v) is 6.92. The van der Waals surface area contributed by atoms with Gasteiger partial charge in [0.2, 0.25) is 0 Å². The van der Waals surface area contributed by atoms with E-state index in [0.29, 0.717) is 0 Å². The van der Waals surface area contributed by atoms with Crippen molar-refractivity contribution in [3.8, 4) is 0 Å². The fourth-order valence-corrected chi connectivity index (χ4v) is 1.47. The molecule has 0 amide bonds. The summed E-state index contributed by atoms with van der Waals surface area (Å²) in [5.41, 5.74) is 1.29. The second-order valence-corrected chi connectivity index (χ2v) is 3.09. The molecule has 0 atom stereocenters. The van der Waals surface area contributed by atoms with Gasteiger partial charge in [-0.1, -0.05) is 45.9 Å². The highest BCUT2D eigenvalue weighted by atomic mass is 32.1. The molecule has 16 heavy (non-hydrogen) atoms. The van der Waals surface area contributed by atoms with E-state index in [1.54, 1.807) is 0 Å². The lowest BCUT2D eigenvalue weighted by atomic mass is 10.3. The van der Waals surface area contributed by atoms with Crippen molar-refractivity contribution in [1.82, 2.24) is 0 Å². The minimum absolute atomic E-state index is 0.905. The molecule has 0 fully saturated rings. The number of anilines is 1. The summed E-state index contributed by atoms with van der Waals surface area (Å²) in [7, 11) is 0. The number of benzene rings is 1. The third-order valence-corrected chi connectivity index (χ3v) is 2.07. The summed E-state index contributed by atoms with van der Waals surface area (Å²) in [5.74, 6) is 0.905. The van der Waals surface area contributed by atoms with Gasteiger partial charge in [-0.3, -0.25) is 0 Å². The molecule has 0 aromatic heterocycles. The molecule has 0 aliphatic rings. The minimum Gasteiger partial charge on any atom is -0.371 e. The van der Waals surface area contributed by atoms with Gasteiger partial charge < -0.3 is 4.90 Å². The summed E-state index contributed by atoms with van der Waals surface area (Å²) in [4.78, 5) is 2.31. The van der Waals surface area contributed by atoms with Crippen molar-refractivity contribution >= 4 is 18.3 Å². The normalized spacial score (nSPS) is 8.12. The Bertz CT molecular complexity index is 211. The van der Waals surface area contributed by atoms with E-state index >= 15 is 0 Å². The monoisotopic (exact) mass is 241 g/mol. The van der Waals surface area contributed by atoms with Crippen molar-refractivity contribution in [2.45, 2.75) is 34.6 Å². The van der Waals surface area contributed by atoms with Crippen LogP contribution in [0, 0.1) is 0 Å². The maximum Gasteiger partial charge on any atom is 0.0366 e. The van der Waals surface area contributed by atoms with Gasteiger partial charge in [0, 0.05) is 24.5 Å². The Kier molecular flexibility index (Phi) is 15.9. The highest BCUT2D eigenvalue weighted by Gasteiger charge is 1.99. The number of hydrogen-bond donors (Lipinski definition) is 1. The number of hydrogen-bond acceptors (Lipinski definition) is 2. The topological polar surface area (TPSA) is 3.24 Å². The molecule has 0 aliphatic carbocycles. The van der Waals surface area contributed by atoms with Crippen molar-refractivity contribution < 1.29 is 0 Å². The predicted octanol–water partition coefficient (Wildman–Crippen LogP) is 4.50. The van der Waals surface area contributed by atoms with Gasteiger partial charge in [-0.05, 0) is 19.1 Å². The summed E-state index contributed by atoms with van der Waals surface area (Å²) >= 11 is 4.22. The van der Waals surface area contributed by atoms with Gasteiger partial charge in [0.15, 0.2) is 0 Å². The van der Waals surface area contributed by atoms with Crippen LogP contribution in [0.2, 0.25) is 0 Å². The molecule has 0 spiro atoms. The Morgan fingerprint density at radius 2 is 1.50 bits per heavy atom. The van der Waals surface area contributed by atoms with E-state index in [4.69, 9.17) is 0 Å². The molecule has 1 rings (SSSR count). The van der Waals surface area contributed by atoms with Crippen LogP contribution in [0.3, 0.4) is 0 Å². The summed E-state index contributed by atoms with van der Waals surface area (Å²) in [6.07, 6.45) is 0. The average molecular weight is 241 g/mol. The Hall–Kier alpha value is -0.630. The number of nitrogens with zero attached hydrogens (tertiary/aromatic N) is 1. The Labute approximate surface area is 107 Å². The number of para-hydroxylation sites is 1. The third kappa shape index (κ3) is 7.63. The Balaban J connectivity index is 0. The van der Waals surface area contributed by atoms with Crippen molar-refractivity contribution in [3.05, 3.63) is 30.3 Å². The molecular formula is C14H27NS. The van der Waals surface area contributed by atoms with Crippen molar-refractivity contribution in [3.63, 3.8) is 0 Å². The van der Waals surface area contributed by atoms with Crippen LogP contribution >= 0.6 is 12.6 Å². The molecular weight excluding hydrogens is 214 g/mol. The number of rotatable bonds is 4. The molecule has 0 saturated heterocycles. The van der Waals surface area contributed by atoms with Crippen molar-refractivity contribution in [1.29, 1.82) is 0 Å². The van der Waals surface area contributed by atoms with Crippen LogP contribution in [-0.4, -0.2) is 18.8 Å². The molecule has 1 nitrogen and oxygen atoms in total. The van der Waals surface area contributed by atoms with Gasteiger partial charge in [-0.25, -0.2) is 0 Å². The lowest BCUT2D eigenvalue weighted by molar-refractivity contribution is 0.874. The lowest BCUT2D eigenvalue weighted by Crippen LogP contribution is -2.24. The zero-order valence-corrected chi connectivity index (χ0v) is 12.3. The number of thiol groups is 1. The summed E-state index contributed by atoms with van der Waals surface area (Å²) < 4.78 is 0. The zero-order valence-electron chi connectivity index (χ0n) is 11.4. The van der Waals surface area contributed by atoms with Crippen LogP contribution in [0.4, 0.5) is 5.69 Å². The second-order valence-electron chi connectivity index (χ2n) is 2.64. The molecule has 0 aliphatic heterocycles. The molecule has 0 saturated carbocycles. The van der Waals surface area contributed by atoms with E-state index in [0.717, 1.165) is 18.8 Å². The molecule has 0 unspecified atom stereocenters. The molecule has 2 heteroatoms. The quantitative estimate of drug-likeness (QED) is 0.760. The van der Waals surface area contributed by atoms with E-state index in [1.807, 2.05) is 33.8 Å². The summed E-state index contributed by atoms with van der Waals surface area (Å²) in [5, 5.41) is 0. The van der Waals surface area contributed by atoms with E-state index in [-0.39, 0.29) is 0 Å². The molecule has 94 valence electrons. The fraction of sp³-hybridized carbons (Fsp3) is 0.571. The zero-order chi connectivity index (χ0) is 12.8. The Morgan fingerprint density at radius 3 is 1.88 bits per heavy atom. The third-order valence-electron chi connectivity index (χ3n) is 1.87. The molecule has 0 heterocycles. The van der Waals surface area contributed by atoms with E-state index < -0.39 is 0 Å². The SMILES string of the molecule is CC.CC.CCN(CCS)c1ccccc1. The highest BCUT2D eigenvalue weighted by Crippen LogP contribution is 2.11. The predicted molar refractivity (Wildman–Crippen MR) is 80.9 cm³/mol. The standard InChI is InChI=1S/C10H15NS.2C2H6/c1-2-11(8-9-12)10-6-4-3-5-7-10;2*1-2/h3-7,12H,2,8-9H2,1H3;2*1-2H3. The average Bonchev–Trinajstić information content (AvgIpc) is 2.41. The first kappa shape index (κ1) is 17.8. The van der Waals surface area contributed by atoms with Gasteiger partial charge in [-0.2, -0.15) is 12.6 Å². The van der Waals surface area contributed by atoms with Gasteiger partial charge >= 0.3 is 0 Å². The van der Waals surface area contributed by atoms with Gasteiger partial charge in [0.1, 0.15) is 0 Å². The van der Waals surface area contributed by atoms with E-state index in [9.17, 15) is 0 Å². The first-order valence-electron chi connectivity index (χ1n) is 6.29. The maximum atomic E-state index is 4.22. The van der Waals surface area contributed by atoms with Crippen molar-refractivity contribution in [2.75, 3.05) is 23.7 Å². The van der Waals surface area contributed by atoms with Crippen LogP contribution < -0.4 is 4.90 Å². The molecule has 0 radical (unpaired) electrons. The van der Waals surface area contributed by atoms with Crippen LogP contribution in [0.15, 0.2) is 30.3 Å². The molecule has 0 bridgehead atoms. The molecule has 1 aromatic rings. The van der Waals surface area contributed by atoms with Crippen LogP contribution in [0.5, 0.6) is 0 Å². The van der Waals surface area contributed by atoms with Crippen LogP contribution in [0.25, 0.3) is 0 Å². The van der Waals surface area contributed by atoms with Crippen LogP contribution in [-0.2, 0) is 0 Å². The highest BCUT2D eigenvalue weighted by molar-refractivity contribution is 7.80. The summed E-state index contributed by atoms with van der Waals surface area (Å²) in [6.45, 7) is 12.2. The fourth-order valence-electron chi connectivity index (χ4n) is 1.23. The maximum absolute atomic E-state index is 4.22. The van der Waals surface area contributed by atoms with Gasteiger partial charge in [-0.15, -0.1) is 0 Å². The molecule has 0 N–H and O–H groups in total. The van der Waals surface area contributed by atoms with E-state index in [1.165, 1.54) is 5.69 Å². The molecule has 1 aromatic carbocycles. The van der Waals surface area contributed by atoms with Gasteiger partial charge in [0.05, 0.1) is 0 Å². The first-order chi connectivity index (χ1) is 7.88. The largest absolute Gasteiger partial charge is 0.371 e. The Morgan fingerprint density at radius 1 is 1.00 bits per heavy atom. The summed E-state index contributed by atoms with van der Waals surface area (Å²) in [6, 6.07) is 10.4. The van der Waals surface area contributed by atoms with Gasteiger partial charge in [0.25, 0.3) is 0 Å². The smallest absolute Gasteiger partial charge is 0.0366 e. The second kappa shape index (κ2) is 14.4. The van der Waals surface area contributed by atoms with E-state index in [2.05, 4.69) is 48.7 Å².